The second-order valence-electron chi connectivity index (χ2n) is 8.38. The van der Waals surface area contributed by atoms with Crippen LogP contribution in [0.2, 0.25) is 0 Å². The molecule has 0 N–H and O–H groups in total. The SMILES string of the molecule is Cc1cc(C=O)c(-c2ncccn2)c(N2C[C@H](c3nc4cc(F)ccc4o3)CC[C@H]2C)c1. The van der Waals surface area contributed by atoms with Crippen molar-refractivity contribution in [1.29, 1.82) is 0 Å². The molecule has 1 aliphatic heterocycles. The van der Waals surface area contributed by atoms with Crippen LogP contribution in [0.25, 0.3) is 22.5 Å². The van der Waals surface area contributed by atoms with Crippen LogP contribution in [0, 0.1) is 12.7 Å². The van der Waals surface area contributed by atoms with Crippen LogP contribution in [-0.2, 0) is 0 Å². The number of aryl methyl sites for hydroxylation is 1. The molecule has 2 atom stereocenters. The Morgan fingerprint density at radius 3 is 2.75 bits per heavy atom. The normalized spacial score (nSPS) is 18.8. The maximum absolute atomic E-state index is 13.6. The number of carbonyl (C=O) groups is 1. The summed E-state index contributed by atoms with van der Waals surface area (Å²) in [6.07, 6.45) is 6.07. The van der Waals surface area contributed by atoms with E-state index in [2.05, 4.69) is 32.8 Å². The van der Waals surface area contributed by atoms with E-state index in [0.29, 0.717) is 34.9 Å². The fourth-order valence-electron chi connectivity index (χ4n) is 4.52. The minimum atomic E-state index is -0.329. The molecule has 2 aromatic heterocycles. The Labute approximate surface area is 185 Å². The van der Waals surface area contributed by atoms with Crippen molar-refractivity contribution < 1.29 is 13.6 Å². The van der Waals surface area contributed by atoms with Crippen LogP contribution in [0.1, 0.15) is 47.5 Å². The maximum atomic E-state index is 13.6. The Bertz CT molecular complexity index is 1290. The van der Waals surface area contributed by atoms with Crippen LogP contribution < -0.4 is 4.90 Å². The van der Waals surface area contributed by atoms with Gasteiger partial charge in [-0.05, 0) is 62.6 Å². The molecule has 0 radical (unpaired) electrons. The molecule has 1 saturated heterocycles. The highest BCUT2D eigenvalue weighted by molar-refractivity contribution is 5.93. The summed E-state index contributed by atoms with van der Waals surface area (Å²) < 4.78 is 19.6. The number of rotatable bonds is 4. The van der Waals surface area contributed by atoms with Crippen molar-refractivity contribution in [3.63, 3.8) is 0 Å². The molecule has 0 aliphatic carbocycles. The Balaban J connectivity index is 1.57. The number of hydrogen-bond donors (Lipinski definition) is 0. The Morgan fingerprint density at radius 1 is 1.16 bits per heavy atom. The molecule has 162 valence electrons. The zero-order valence-electron chi connectivity index (χ0n) is 18.0. The summed E-state index contributed by atoms with van der Waals surface area (Å²) in [5, 5.41) is 0. The van der Waals surface area contributed by atoms with Gasteiger partial charge in [0.15, 0.2) is 23.6 Å². The summed E-state index contributed by atoms with van der Waals surface area (Å²) in [5.74, 6) is 0.857. The van der Waals surface area contributed by atoms with Gasteiger partial charge >= 0.3 is 0 Å². The maximum Gasteiger partial charge on any atom is 0.200 e. The lowest BCUT2D eigenvalue weighted by molar-refractivity contribution is 0.112. The number of piperidine rings is 1. The second kappa shape index (κ2) is 8.15. The van der Waals surface area contributed by atoms with Gasteiger partial charge in [0.1, 0.15) is 11.3 Å². The second-order valence-corrected chi connectivity index (χ2v) is 8.38. The summed E-state index contributed by atoms with van der Waals surface area (Å²) >= 11 is 0. The predicted molar refractivity (Wildman–Crippen MR) is 120 cm³/mol. The third kappa shape index (κ3) is 3.64. The smallest absolute Gasteiger partial charge is 0.200 e. The molecule has 6 nitrogen and oxygen atoms in total. The van der Waals surface area contributed by atoms with Crippen molar-refractivity contribution in [2.24, 2.45) is 0 Å². The van der Waals surface area contributed by atoms with Gasteiger partial charge in [-0.15, -0.1) is 0 Å². The van der Waals surface area contributed by atoms with Crippen LogP contribution in [0.4, 0.5) is 10.1 Å². The molecule has 2 aromatic carbocycles. The first-order valence-electron chi connectivity index (χ1n) is 10.7. The van der Waals surface area contributed by atoms with E-state index in [9.17, 15) is 9.18 Å². The average Bonchev–Trinajstić information content (AvgIpc) is 3.22. The molecule has 0 unspecified atom stereocenters. The summed E-state index contributed by atoms with van der Waals surface area (Å²) in [5.41, 5.74) is 4.34. The van der Waals surface area contributed by atoms with E-state index >= 15 is 0 Å². The van der Waals surface area contributed by atoms with Gasteiger partial charge in [0, 0.05) is 42.3 Å². The largest absolute Gasteiger partial charge is 0.440 e. The summed E-state index contributed by atoms with van der Waals surface area (Å²) in [7, 11) is 0. The number of aromatic nitrogens is 3. The number of carbonyl (C=O) groups excluding carboxylic acids is 1. The zero-order chi connectivity index (χ0) is 22.2. The fraction of sp³-hybridized carbons (Fsp3) is 0.280. The van der Waals surface area contributed by atoms with Crippen molar-refractivity contribution >= 4 is 23.1 Å². The Morgan fingerprint density at radius 2 is 1.97 bits per heavy atom. The first kappa shape index (κ1) is 20.3. The van der Waals surface area contributed by atoms with E-state index in [0.717, 1.165) is 35.9 Å². The lowest BCUT2D eigenvalue weighted by atomic mass is 9.91. The molecule has 3 heterocycles. The molecule has 4 aromatic rings. The van der Waals surface area contributed by atoms with Crippen LogP contribution in [0.15, 0.2) is 53.2 Å². The number of nitrogens with zero attached hydrogens (tertiary/aromatic N) is 4. The highest BCUT2D eigenvalue weighted by Gasteiger charge is 2.32. The molecule has 32 heavy (non-hydrogen) atoms. The van der Waals surface area contributed by atoms with Gasteiger partial charge < -0.3 is 9.32 Å². The molecule has 0 saturated carbocycles. The Hall–Kier alpha value is -3.61. The number of fused-ring (bicyclic) bond motifs is 1. The van der Waals surface area contributed by atoms with Crippen LogP contribution in [0.3, 0.4) is 0 Å². The monoisotopic (exact) mass is 430 g/mol. The predicted octanol–water partition coefficient (Wildman–Crippen LogP) is 5.32. The molecule has 0 amide bonds. The molecular weight excluding hydrogens is 407 g/mol. The van der Waals surface area contributed by atoms with Crippen molar-refractivity contribution in [1.82, 2.24) is 15.0 Å². The van der Waals surface area contributed by atoms with Crippen molar-refractivity contribution in [3.8, 4) is 11.4 Å². The highest BCUT2D eigenvalue weighted by Crippen LogP contribution is 2.39. The molecule has 7 heteroatoms. The lowest BCUT2D eigenvalue weighted by Crippen LogP contribution is -2.41. The zero-order valence-corrected chi connectivity index (χ0v) is 18.0. The molecular formula is C25H23FN4O2. The number of halogens is 1. The summed E-state index contributed by atoms with van der Waals surface area (Å²) in [6, 6.07) is 10.3. The third-order valence-electron chi connectivity index (χ3n) is 6.12. The van der Waals surface area contributed by atoms with Gasteiger partial charge in [-0.1, -0.05) is 0 Å². The first-order valence-corrected chi connectivity index (χ1v) is 10.7. The first-order chi connectivity index (χ1) is 15.5. The average molecular weight is 430 g/mol. The van der Waals surface area contributed by atoms with E-state index in [1.54, 1.807) is 24.5 Å². The number of hydrogen-bond acceptors (Lipinski definition) is 6. The van der Waals surface area contributed by atoms with Crippen molar-refractivity contribution in [3.05, 3.63) is 71.6 Å². The quantitative estimate of drug-likeness (QED) is 0.408. The van der Waals surface area contributed by atoms with Crippen LogP contribution in [0.5, 0.6) is 0 Å². The summed E-state index contributed by atoms with van der Waals surface area (Å²) in [6.45, 7) is 4.82. The fourth-order valence-corrected chi connectivity index (χ4v) is 4.52. The van der Waals surface area contributed by atoms with E-state index in [4.69, 9.17) is 4.42 Å². The number of oxazole rings is 1. The minimum absolute atomic E-state index is 0.0476. The van der Waals surface area contributed by atoms with Gasteiger partial charge in [0.05, 0.1) is 11.5 Å². The van der Waals surface area contributed by atoms with Gasteiger partial charge in [0.25, 0.3) is 0 Å². The Kier molecular flexibility index (Phi) is 5.17. The minimum Gasteiger partial charge on any atom is -0.440 e. The van der Waals surface area contributed by atoms with E-state index < -0.39 is 0 Å². The van der Waals surface area contributed by atoms with Gasteiger partial charge in [-0.3, -0.25) is 4.79 Å². The van der Waals surface area contributed by atoms with Gasteiger partial charge in [-0.2, -0.15) is 0 Å². The molecule has 0 spiro atoms. The molecule has 1 aliphatic rings. The van der Waals surface area contributed by atoms with E-state index in [-0.39, 0.29) is 17.8 Å². The van der Waals surface area contributed by atoms with E-state index in [1.165, 1.54) is 12.1 Å². The standard InChI is InChI=1S/C25H23FN4O2/c1-15-10-18(14-31)23(24-27-8-3-9-28-24)21(11-15)30-13-17(5-4-16(30)2)25-29-20-12-19(26)6-7-22(20)32-25/h3,6-12,14,16-17H,4-5,13H2,1-2H3/t16-,17-/m1/s1. The lowest BCUT2D eigenvalue weighted by Gasteiger charge is -2.40. The molecule has 5 rings (SSSR count). The molecule has 1 fully saturated rings. The van der Waals surface area contributed by atoms with Gasteiger partial charge in [-0.25, -0.2) is 19.3 Å². The number of benzene rings is 2. The number of anilines is 1. The van der Waals surface area contributed by atoms with Crippen molar-refractivity contribution in [2.75, 3.05) is 11.4 Å². The third-order valence-corrected chi connectivity index (χ3v) is 6.12. The summed E-state index contributed by atoms with van der Waals surface area (Å²) in [4.78, 5) is 27.6. The van der Waals surface area contributed by atoms with E-state index in [1.807, 2.05) is 13.0 Å². The van der Waals surface area contributed by atoms with Crippen molar-refractivity contribution in [2.45, 2.75) is 38.6 Å². The highest BCUT2D eigenvalue weighted by atomic mass is 19.1. The van der Waals surface area contributed by atoms with Crippen LogP contribution in [-0.4, -0.2) is 33.8 Å². The molecule has 0 bridgehead atoms. The number of aldehydes is 1. The van der Waals surface area contributed by atoms with Crippen LogP contribution >= 0.6 is 0 Å². The topological polar surface area (TPSA) is 72.1 Å². The van der Waals surface area contributed by atoms with Gasteiger partial charge in [0.2, 0.25) is 0 Å².